The number of carbonyl (C=O) groups is 2. The minimum Gasteiger partial charge on any atom is -0.426 e. The van der Waals surface area contributed by atoms with Gasteiger partial charge in [0.05, 0.1) is 5.39 Å². The molecule has 6 heteroatoms. The van der Waals surface area contributed by atoms with E-state index >= 15 is 0 Å². The molecule has 0 spiro atoms. The Bertz CT molecular complexity index is 861. The van der Waals surface area contributed by atoms with Gasteiger partial charge < -0.3 is 13.9 Å². The highest BCUT2D eigenvalue weighted by Crippen LogP contribution is 2.36. The first-order chi connectivity index (χ1) is 11.0. The second-order valence-electron chi connectivity index (χ2n) is 5.54. The van der Waals surface area contributed by atoms with E-state index < -0.39 is 11.9 Å². The number of fused-ring (bicyclic) bond motifs is 3. The molecule has 1 heterocycles. The highest BCUT2D eigenvalue weighted by Gasteiger charge is 2.22. The number of carbonyl (C=O) groups excluding carboxylic acids is 2. The lowest BCUT2D eigenvalue weighted by Crippen LogP contribution is -2.16. The Morgan fingerprint density at radius 3 is 2.30 bits per heavy atom. The molecule has 0 saturated carbocycles. The summed E-state index contributed by atoms with van der Waals surface area (Å²) in [5.74, 6) is -0.603. The molecule has 0 fully saturated rings. The predicted octanol–water partition coefficient (Wildman–Crippen LogP) is 2.52. The Hall–Kier alpha value is -2.63. The molecule has 1 aromatic carbocycles. The van der Waals surface area contributed by atoms with E-state index in [1.165, 1.54) is 26.0 Å². The molecule has 0 bridgehead atoms. The van der Waals surface area contributed by atoms with Gasteiger partial charge in [0.15, 0.2) is 0 Å². The first-order valence-corrected chi connectivity index (χ1v) is 7.45. The van der Waals surface area contributed by atoms with E-state index in [4.69, 9.17) is 13.9 Å². The van der Waals surface area contributed by atoms with Gasteiger partial charge in [0.25, 0.3) is 0 Å². The summed E-state index contributed by atoms with van der Waals surface area (Å²) in [4.78, 5) is 34.7. The van der Waals surface area contributed by atoms with Crippen LogP contribution >= 0.6 is 0 Å². The molecule has 1 aliphatic carbocycles. The third kappa shape index (κ3) is 2.97. The molecule has 6 nitrogen and oxygen atoms in total. The average molecular weight is 316 g/mol. The summed E-state index contributed by atoms with van der Waals surface area (Å²) in [6.45, 7) is 2.55. The Balaban J connectivity index is 2.30. The van der Waals surface area contributed by atoms with Crippen LogP contribution in [-0.4, -0.2) is 11.9 Å². The fraction of sp³-hybridized carbons (Fsp3) is 0.353. The number of esters is 2. The van der Waals surface area contributed by atoms with Gasteiger partial charge in [-0.25, -0.2) is 4.79 Å². The van der Waals surface area contributed by atoms with Crippen LogP contribution in [0.25, 0.3) is 11.0 Å². The molecule has 2 aromatic rings. The van der Waals surface area contributed by atoms with Crippen LogP contribution in [0, 0.1) is 0 Å². The lowest BCUT2D eigenvalue weighted by molar-refractivity contribution is -0.132. The largest absolute Gasteiger partial charge is 0.426 e. The Morgan fingerprint density at radius 1 is 1.00 bits per heavy atom. The summed E-state index contributed by atoms with van der Waals surface area (Å²) < 4.78 is 15.7. The summed E-state index contributed by atoms with van der Waals surface area (Å²) in [5.41, 5.74) is 1.36. The lowest BCUT2D eigenvalue weighted by Gasteiger charge is -2.18. The average Bonchev–Trinajstić information content (AvgIpc) is 2.45. The van der Waals surface area contributed by atoms with E-state index in [2.05, 4.69) is 0 Å². The van der Waals surface area contributed by atoms with Crippen molar-refractivity contribution in [2.75, 3.05) is 0 Å². The van der Waals surface area contributed by atoms with Crippen molar-refractivity contribution in [2.24, 2.45) is 0 Å². The first kappa shape index (κ1) is 15.3. The van der Waals surface area contributed by atoms with E-state index in [0.29, 0.717) is 17.4 Å². The van der Waals surface area contributed by atoms with E-state index in [1.807, 2.05) is 0 Å². The summed E-state index contributed by atoms with van der Waals surface area (Å²) in [7, 11) is 0. The van der Waals surface area contributed by atoms with Crippen LogP contribution in [0.2, 0.25) is 0 Å². The standard InChI is InChI=1S/C17H16O6/c1-9(18)21-11-7-14(22-10(2)19)16-12-5-3-4-6-13(12)17(20)23-15(16)8-11/h7-8H,3-6H2,1-2H3. The number of hydrogen-bond donors (Lipinski definition) is 0. The number of ether oxygens (including phenoxy) is 2. The van der Waals surface area contributed by atoms with Crippen LogP contribution in [-0.2, 0) is 22.4 Å². The lowest BCUT2D eigenvalue weighted by atomic mass is 9.90. The van der Waals surface area contributed by atoms with Crippen LogP contribution in [0.15, 0.2) is 21.3 Å². The zero-order chi connectivity index (χ0) is 16.6. The van der Waals surface area contributed by atoms with Gasteiger partial charge in [-0.1, -0.05) is 0 Å². The SMILES string of the molecule is CC(=O)Oc1cc(OC(C)=O)c2c3c(c(=O)oc2c1)CCCC3. The predicted molar refractivity (Wildman–Crippen MR) is 81.7 cm³/mol. The van der Waals surface area contributed by atoms with Crippen molar-refractivity contribution < 1.29 is 23.5 Å². The Morgan fingerprint density at radius 2 is 1.65 bits per heavy atom. The normalized spacial score (nSPS) is 13.5. The van der Waals surface area contributed by atoms with E-state index in [0.717, 1.165) is 24.8 Å². The van der Waals surface area contributed by atoms with Crippen LogP contribution in [0.4, 0.5) is 0 Å². The van der Waals surface area contributed by atoms with Crippen LogP contribution in [0.3, 0.4) is 0 Å². The number of rotatable bonds is 2. The fourth-order valence-corrected chi connectivity index (χ4v) is 2.97. The topological polar surface area (TPSA) is 82.8 Å². The molecule has 0 radical (unpaired) electrons. The van der Waals surface area contributed by atoms with E-state index in [1.54, 1.807) is 0 Å². The van der Waals surface area contributed by atoms with Crippen molar-refractivity contribution in [1.82, 2.24) is 0 Å². The third-order valence-electron chi connectivity index (χ3n) is 3.77. The van der Waals surface area contributed by atoms with Gasteiger partial charge in [0.1, 0.15) is 17.1 Å². The smallest absolute Gasteiger partial charge is 0.339 e. The number of hydrogen-bond acceptors (Lipinski definition) is 6. The van der Waals surface area contributed by atoms with Gasteiger partial charge >= 0.3 is 17.6 Å². The van der Waals surface area contributed by atoms with E-state index in [9.17, 15) is 14.4 Å². The molecule has 0 aliphatic heterocycles. The summed E-state index contributed by atoms with van der Waals surface area (Å²) >= 11 is 0. The maximum Gasteiger partial charge on any atom is 0.339 e. The van der Waals surface area contributed by atoms with Gasteiger partial charge in [-0.2, -0.15) is 0 Å². The molecule has 1 aliphatic rings. The third-order valence-corrected chi connectivity index (χ3v) is 3.77. The molecular formula is C17H16O6. The Kier molecular flexibility index (Phi) is 3.90. The number of benzene rings is 1. The molecule has 120 valence electrons. The van der Waals surface area contributed by atoms with Gasteiger partial charge in [-0.05, 0) is 31.2 Å². The van der Waals surface area contributed by atoms with Crippen molar-refractivity contribution in [3.05, 3.63) is 33.7 Å². The minimum atomic E-state index is -0.515. The quantitative estimate of drug-likeness (QED) is 0.481. The monoisotopic (exact) mass is 316 g/mol. The van der Waals surface area contributed by atoms with Crippen molar-refractivity contribution >= 4 is 22.9 Å². The van der Waals surface area contributed by atoms with E-state index in [-0.39, 0.29) is 22.7 Å². The van der Waals surface area contributed by atoms with Gasteiger partial charge in [-0.3, -0.25) is 9.59 Å². The molecule has 1 aromatic heterocycles. The summed E-state index contributed by atoms with van der Waals surface area (Å²) in [6.07, 6.45) is 3.26. The second kappa shape index (κ2) is 5.87. The maximum atomic E-state index is 12.2. The van der Waals surface area contributed by atoms with Crippen molar-refractivity contribution in [3.8, 4) is 11.5 Å². The zero-order valence-electron chi connectivity index (χ0n) is 12.9. The molecular weight excluding hydrogens is 300 g/mol. The van der Waals surface area contributed by atoms with Crippen molar-refractivity contribution in [3.63, 3.8) is 0 Å². The highest BCUT2D eigenvalue weighted by atomic mass is 16.5. The highest BCUT2D eigenvalue weighted by molar-refractivity contribution is 5.91. The maximum absolute atomic E-state index is 12.2. The second-order valence-corrected chi connectivity index (χ2v) is 5.54. The summed E-state index contributed by atoms with van der Waals surface area (Å²) in [6, 6.07) is 2.94. The molecule has 23 heavy (non-hydrogen) atoms. The fourth-order valence-electron chi connectivity index (χ4n) is 2.97. The van der Waals surface area contributed by atoms with Crippen molar-refractivity contribution in [2.45, 2.75) is 39.5 Å². The minimum absolute atomic E-state index is 0.167. The molecule has 3 rings (SSSR count). The number of aryl methyl sites for hydroxylation is 1. The molecule has 0 atom stereocenters. The van der Waals surface area contributed by atoms with Crippen LogP contribution in [0.1, 0.15) is 37.8 Å². The molecule has 0 amide bonds. The van der Waals surface area contributed by atoms with Crippen molar-refractivity contribution in [1.29, 1.82) is 0 Å². The zero-order valence-corrected chi connectivity index (χ0v) is 12.9. The van der Waals surface area contributed by atoms with Gasteiger partial charge in [0, 0.05) is 31.5 Å². The molecule has 0 unspecified atom stereocenters. The van der Waals surface area contributed by atoms with Gasteiger partial charge in [0.2, 0.25) is 0 Å². The van der Waals surface area contributed by atoms with Crippen LogP contribution in [0.5, 0.6) is 11.5 Å². The van der Waals surface area contributed by atoms with Crippen LogP contribution < -0.4 is 15.1 Å². The molecule has 0 N–H and O–H groups in total. The summed E-state index contributed by atoms with van der Waals surface area (Å²) in [5, 5.41) is 0.602. The Labute approximate surface area is 132 Å². The molecule has 0 saturated heterocycles. The first-order valence-electron chi connectivity index (χ1n) is 7.45. The van der Waals surface area contributed by atoms with Gasteiger partial charge in [-0.15, -0.1) is 0 Å².